The molecule has 0 saturated carbocycles. The van der Waals surface area contributed by atoms with E-state index >= 15 is 0 Å². The minimum Gasteiger partial charge on any atom is -0.508 e. The van der Waals surface area contributed by atoms with Crippen molar-refractivity contribution in [2.75, 3.05) is 0 Å². The van der Waals surface area contributed by atoms with Gasteiger partial charge in [0.05, 0.1) is 11.3 Å². The van der Waals surface area contributed by atoms with Gasteiger partial charge < -0.3 is 9.63 Å². The first-order chi connectivity index (χ1) is 9.31. The SMILES string of the molecule is Oc1ccc(SCc2noc(-c3ccsc3)n2)cc1. The quantitative estimate of drug-likeness (QED) is 0.741. The van der Waals surface area contributed by atoms with Gasteiger partial charge in [-0.1, -0.05) is 5.16 Å². The van der Waals surface area contributed by atoms with Gasteiger partial charge in [-0.25, -0.2) is 0 Å². The summed E-state index contributed by atoms with van der Waals surface area (Å²) in [5.41, 5.74) is 0.957. The monoisotopic (exact) mass is 290 g/mol. The average molecular weight is 290 g/mol. The van der Waals surface area contributed by atoms with E-state index in [4.69, 9.17) is 4.52 Å². The van der Waals surface area contributed by atoms with Gasteiger partial charge in [0.1, 0.15) is 5.75 Å². The van der Waals surface area contributed by atoms with Gasteiger partial charge in [0.2, 0.25) is 0 Å². The number of hydrogen-bond acceptors (Lipinski definition) is 6. The molecule has 0 aliphatic rings. The first kappa shape index (κ1) is 12.3. The predicted octanol–water partition coefficient (Wildman–Crippen LogP) is 3.80. The number of rotatable bonds is 4. The third kappa shape index (κ3) is 2.97. The molecule has 0 bridgehead atoms. The molecule has 1 N–H and O–H groups in total. The first-order valence-electron chi connectivity index (χ1n) is 5.58. The lowest BCUT2D eigenvalue weighted by molar-refractivity contribution is 0.425. The van der Waals surface area contributed by atoms with E-state index in [0.29, 0.717) is 17.5 Å². The molecule has 6 heteroatoms. The fraction of sp³-hybridized carbons (Fsp3) is 0.0769. The Bertz CT molecular complexity index is 648. The number of aromatic hydroxyl groups is 1. The fourth-order valence-electron chi connectivity index (χ4n) is 1.51. The van der Waals surface area contributed by atoms with Crippen molar-refractivity contribution in [2.24, 2.45) is 0 Å². The molecular weight excluding hydrogens is 280 g/mol. The van der Waals surface area contributed by atoms with Crippen LogP contribution >= 0.6 is 23.1 Å². The fourth-order valence-corrected chi connectivity index (χ4v) is 2.88. The number of phenolic OH excluding ortho intramolecular Hbond substituents is 1. The molecule has 0 aliphatic heterocycles. The highest BCUT2D eigenvalue weighted by Crippen LogP contribution is 2.25. The maximum atomic E-state index is 9.20. The summed E-state index contributed by atoms with van der Waals surface area (Å²) >= 11 is 3.20. The molecule has 0 aliphatic carbocycles. The topological polar surface area (TPSA) is 59.2 Å². The standard InChI is InChI=1S/C13H10N2O2S2/c16-10-1-3-11(4-2-10)19-8-12-14-13(17-15-12)9-5-6-18-7-9/h1-7,16H,8H2. The van der Waals surface area contributed by atoms with Crippen LogP contribution in [0.2, 0.25) is 0 Å². The van der Waals surface area contributed by atoms with Crippen molar-refractivity contribution in [3.8, 4) is 17.2 Å². The molecule has 2 heterocycles. The van der Waals surface area contributed by atoms with Crippen molar-refractivity contribution in [3.05, 3.63) is 46.9 Å². The molecule has 19 heavy (non-hydrogen) atoms. The van der Waals surface area contributed by atoms with Crippen LogP contribution in [0.25, 0.3) is 11.5 Å². The first-order valence-corrected chi connectivity index (χ1v) is 7.51. The van der Waals surface area contributed by atoms with Crippen LogP contribution in [0, 0.1) is 0 Å². The van der Waals surface area contributed by atoms with Gasteiger partial charge in [-0.05, 0) is 35.7 Å². The van der Waals surface area contributed by atoms with E-state index < -0.39 is 0 Å². The lowest BCUT2D eigenvalue weighted by atomic mass is 10.3. The van der Waals surface area contributed by atoms with Crippen molar-refractivity contribution in [1.82, 2.24) is 10.1 Å². The minimum atomic E-state index is 0.267. The zero-order chi connectivity index (χ0) is 13.1. The highest BCUT2D eigenvalue weighted by atomic mass is 32.2. The maximum absolute atomic E-state index is 9.20. The number of benzene rings is 1. The van der Waals surface area contributed by atoms with Crippen LogP contribution in [0.15, 0.2) is 50.5 Å². The number of phenols is 1. The molecule has 1 aromatic carbocycles. The number of aromatic nitrogens is 2. The van der Waals surface area contributed by atoms with Gasteiger partial charge in [0.25, 0.3) is 5.89 Å². The van der Waals surface area contributed by atoms with E-state index in [2.05, 4.69) is 10.1 Å². The zero-order valence-corrected chi connectivity index (χ0v) is 11.4. The lowest BCUT2D eigenvalue weighted by Gasteiger charge is -1.97. The highest BCUT2D eigenvalue weighted by Gasteiger charge is 2.09. The van der Waals surface area contributed by atoms with Crippen molar-refractivity contribution < 1.29 is 9.63 Å². The van der Waals surface area contributed by atoms with E-state index in [-0.39, 0.29) is 5.75 Å². The summed E-state index contributed by atoms with van der Waals surface area (Å²) in [5, 5.41) is 17.1. The molecular formula is C13H10N2O2S2. The molecule has 2 aromatic heterocycles. The predicted molar refractivity (Wildman–Crippen MR) is 75.3 cm³/mol. The van der Waals surface area contributed by atoms with Crippen molar-refractivity contribution in [3.63, 3.8) is 0 Å². The van der Waals surface area contributed by atoms with Crippen LogP contribution in [0.3, 0.4) is 0 Å². The Labute approximate surface area is 118 Å². The Morgan fingerprint density at radius 3 is 2.79 bits per heavy atom. The molecule has 0 fully saturated rings. The van der Waals surface area contributed by atoms with Gasteiger partial charge in [-0.3, -0.25) is 0 Å². The van der Waals surface area contributed by atoms with Gasteiger partial charge in [-0.15, -0.1) is 11.8 Å². The second kappa shape index (κ2) is 5.46. The molecule has 0 amide bonds. The van der Waals surface area contributed by atoms with Crippen LogP contribution in [0.1, 0.15) is 5.82 Å². The molecule has 4 nitrogen and oxygen atoms in total. The molecule has 3 rings (SSSR count). The summed E-state index contributed by atoms with van der Waals surface area (Å²) in [7, 11) is 0. The molecule has 0 atom stereocenters. The van der Waals surface area contributed by atoms with Gasteiger partial charge in [-0.2, -0.15) is 16.3 Å². The molecule has 0 unspecified atom stereocenters. The molecule has 0 saturated heterocycles. The normalized spacial score (nSPS) is 10.7. The summed E-state index contributed by atoms with van der Waals surface area (Å²) in [6.45, 7) is 0. The Kier molecular flexibility index (Phi) is 3.52. The van der Waals surface area contributed by atoms with Crippen LogP contribution in [0.5, 0.6) is 5.75 Å². The van der Waals surface area contributed by atoms with E-state index in [9.17, 15) is 5.11 Å². The molecule has 0 radical (unpaired) electrons. The molecule has 96 valence electrons. The highest BCUT2D eigenvalue weighted by molar-refractivity contribution is 7.98. The summed E-state index contributed by atoms with van der Waals surface area (Å²) in [5.74, 6) is 2.13. The Hall–Kier alpha value is -1.79. The van der Waals surface area contributed by atoms with Crippen LogP contribution in [0.4, 0.5) is 0 Å². The number of hydrogen-bond donors (Lipinski definition) is 1. The summed E-state index contributed by atoms with van der Waals surface area (Å²) < 4.78 is 5.21. The number of nitrogens with zero attached hydrogens (tertiary/aromatic N) is 2. The van der Waals surface area contributed by atoms with E-state index in [1.807, 2.05) is 29.0 Å². The largest absolute Gasteiger partial charge is 0.508 e. The Balaban J connectivity index is 1.66. The van der Waals surface area contributed by atoms with Gasteiger partial charge in [0, 0.05) is 10.3 Å². The van der Waals surface area contributed by atoms with Gasteiger partial charge in [0.15, 0.2) is 5.82 Å². The third-order valence-corrected chi connectivity index (χ3v) is 4.13. The average Bonchev–Trinajstić information content (AvgIpc) is 3.09. The smallest absolute Gasteiger partial charge is 0.258 e. The Morgan fingerprint density at radius 2 is 2.05 bits per heavy atom. The van der Waals surface area contributed by atoms with Crippen LogP contribution in [-0.4, -0.2) is 15.2 Å². The molecule has 3 aromatic rings. The summed E-state index contributed by atoms with van der Waals surface area (Å²) in [6.07, 6.45) is 0. The van der Waals surface area contributed by atoms with E-state index in [1.54, 1.807) is 35.2 Å². The van der Waals surface area contributed by atoms with Crippen LogP contribution in [-0.2, 0) is 5.75 Å². The van der Waals surface area contributed by atoms with Crippen molar-refractivity contribution in [2.45, 2.75) is 10.6 Å². The second-order valence-electron chi connectivity index (χ2n) is 3.81. The molecule has 0 spiro atoms. The Morgan fingerprint density at radius 1 is 1.21 bits per heavy atom. The van der Waals surface area contributed by atoms with E-state index in [0.717, 1.165) is 10.5 Å². The maximum Gasteiger partial charge on any atom is 0.258 e. The second-order valence-corrected chi connectivity index (χ2v) is 5.64. The minimum absolute atomic E-state index is 0.267. The summed E-state index contributed by atoms with van der Waals surface area (Å²) in [6, 6.07) is 9.00. The lowest BCUT2D eigenvalue weighted by Crippen LogP contribution is -1.83. The van der Waals surface area contributed by atoms with Gasteiger partial charge >= 0.3 is 0 Å². The number of thiophene rings is 1. The zero-order valence-electron chi connectivity index (χ0n) is 9.81. The van der Waals surface area contributed by atoms with Crippen molar-refractivity contribution in [1.29, 1.82) is 0 Å². The van der Waals surface area contributed by atoms with Crippen molar-refractivity contribution >= 4 is 23.1 Å². The van der Waals surface area contributed by atoms with Crippen LogP contribution < -0.4 is 0 Å². The third-order valence-electron chi connectivity index (χ3n) is 2.44. The number of thioether (sulfide) groups is 1. The summed E-state index contributed by atoms with van der Waals surface area (Å²) in [4.78, 5) is 5.40. The van der Waals surface area contributed by atoms with E-state index in [1.165, 1.54) is 0 Å².